The molecule has 1 saturated heterocycles. The number of hydrogen-bond donors (Lipinski definition) is 4. The number of nitrogens with zero attached hydrogens (tertiary/aromatic N) is 1. The predicted octanol–water partition coefficient (Wildman–Crippen LogP) is 1.88. The van der Waals surface area contributed by atoms with Crippen LogP contribution < -0.4 is 4.74 Å². The first-order valence-corrected chi connectivity index (χ1v) is 10.0. The summed E-state index contributed by atoms with van der Waals surface area (Å²) in [5.41, 5.74) is 3.82. The zero-order chi connectivity index (χ0) is 22.0. The van der Waals surface area contributed by atoms with Crippen molar-refractivity contribution in [2.24, 2.45) is 0 Å². The molecule has 4 rings (SSSR count). The number of hydrogen-bond acceptors (Lipinski definition) is 8. The highest BCUT2D eigenvalue weighted by Crippen LogP contribution is 2.33. The third kappa shape index (κ3) is 4.63. The van der Waals surface area contributed by atoms with Crippen LogP contribution in [0.3, 0.4) is 0 Å². The highest BCUT2D eigenvalue weighted by atomic mass is 16.5. The summed E-state index contributed by atoms with van der Waals surface area (Å²) in [5, 5.41) is 39.9. The zero-order valence-electron chi connectivity index (χ0n) is 17.0. The Hall–Kier alpha value is -2.75. The van der Waals surface area contributed by atoms with E-state index in [2.05, 4.69) is 4.98 Å². The second-order valence-electron chi connectivity index (χ2n) is 7.68. The van der Waals surface area contributed by atoms with E-state index in [1.165, 1.54) is 12.7 Å². The minimum Gasteiger partial charge on any atom is -0.448 e. The molecule has 1 aliphatic heterocycles. The Morgan fingerprint density at radius 2 is 1.77 bits per heavy atom. The Labute approximate surface area is 179 Å². The van der Waals surface area contributed by atoms with Gasteiger partial charge in [0, 0.05) is 0 Å². The van der Waals surface area contributed by atoms with Crippen molar-refractivity contribution in [2.45, 2.75) is 43.9 Å². The summed E-state index contributed by atoms with van der Waals surface area (Å²) in [6.07, 6.45) is -2.52. The molecule has 3 aromatic rings. The van der Waals surface area contributed by atoms with Gasteiger partial charge in [0.05, 0.1) is 6.61 Å². The van der Waals surface area contributed by atoms with Gasteiger partial charge >= 0.3 is 0 Å². The first-order valence-electron chi connectivity index (χ1n) is 10.0. The Bertz CT molecular complexity index is 988. The Kier molecular flexibility index (Phi) is 6.35. The molecule has 8 nitrogen and oxygen atoms in total. The molecule has 0 unspecified atom stereocenters. The predicted molar refractivity (Wildman–Crippen MR) is 110 cm³/mol. The van der Waals surface area contributed by atoms with Crippen molar-refractivity contribution >= 4 is 0 Å². The zero-order valence-corrected chi connectivity index (χ0v) is 17.0. The molecule has 2 aromatic carbocycles. The monoisotopic (exact) mass is 427 g/mol. The third-order valence-electron chi connectivity index (χ3n) is 5.54. The van der Waals surface area contributed by atoms with E-state index in [1.807, 2.05) is 49.4 Å². The number of aliphatic hydroxyl groups is 4. The number of aryl methyl sites for hydroxylation is 1. The van der Waals surface area contributed by atoms with E-state index >= 15 is 0 Å². The first-order chi connectivity index (χ1) is 15.0. The van der Waals surface area contributed by atoms with E-state index in [0.717, 1.165) is 16.7 Å². The van der Waals surface area contributed by atoms with Crippen molar-refractivity contribution in [3.8, 4) is 11.6 Å². The summed E-state index contributed by atoms with van der Waals surface area (Å²) in [6.45, 7) is 1.54. The van der Waals surface area contributed by atoms with Crippen molar-refractivity contribution in [3.63, 3.8) is 0 Å². The van der Waals surface area contributed by atoms with Crippen LogP contribution in [-0.2, 0) is 11.2 Å². The minimum atomic E-state index is -1.40. The normalized spacial score (nSPS) is 26.0. The van der Waals surface area contributed by atoms with Gasteiger partial charge in [-0.3, -0.25) is 0 Å². The summed E-state index contributed by atoms with van der Waals surface area (Å²) >= 11 is 0. The van der Waals surface area contributed by atoms with E-state index in [-0.39, 0.29) is 0 Å². The lowest BCUT2D eigenvalue weighted by Gasteiger charge is -2.40. The Balaban J connectivity index is 1.51. The second kappa shape index (κ2) is 9.17. The quantitative estimate of drug-likeness (QED) is 0.470. The number of ether oxygens (including phenoxy) is 2. The van der Waals surface area contributed by atoms with Crippen LogP contribution >= 0.6 is 0 Å². The molecular formula is C23H25NO7. The number of aliphatic hydroxyl groups excluding tert-OH is 4. The van der Waals surface area contributed by atoms with Crippen LogP contribution in [0.1, 0.15) is 28.4 Å². The maximum absolute atomic E-state index is 10.4. The van der Waals surface area contributed by atoms with Gasteiger partial charge in [0.2, 0.25) is 0 Å². The topological polar surface area (TPSA) is 125 Å². The van der Waals surface area contributed by atoms with Crippen LogP contribution in [0.25, 0.3) is 0 Å². The van der Waals surface area contributed by atoms with Crippen LogP contribution in [-0.4, -0.2) is 56.4 Å². The van der Waals surface area contributed by atoms with Gasteiger partial charge in [0.25, 0.3) is 5.88 Å². The molecule has 0 bridgehead atoms. The van der Waals surface area contributed by atoms with Crippen molar-refractivity contribution < 1.29 is 34.3 Å². The number of aromatic nitrogens is 1. The average Bonchev–Trinajstić information content (AvgIpc) is 3.28. The number of benzene rings is 2. The van der Waals surface area contributed by atoms with Gasteiger partial charge in [0.1, 0.15) is 36.3 Å². The molecule has 0 amide bonds. The number of oxazole rings is 1. The number of rotatable bonds is 6. The van der Waals surface area contributed by atoms with Gasteiger partial charge < -0.3 is 34.3 Å². The van der Waals surface area contributed by atoms with Crippen LogP contribution in [0, 0.1) is 6.92 Å². The van der Waals surface area contributed by atoms with E-state index in [0.29, 0.717) is 23.6 Å². The standard InChI is InChI=1S/C23H25NO7/c1-13-2-5-15(23-22(28)21(27)20(26)18(10-25)31-23)9-16(13)8-14-3-6-17(7-4-14)30-19-11-29-12-24-19/h2-7,9,11-12,18,20-23,25-28H,8,10H2,1H3/t18-,20-,21+,22-,23+/m1/s1. The highest BCUT2D eigenvalue weighted by Gasteiger charge is 2.43. The molecule has 2 heterocycles. The SMILES string of the molecule is Cc1ccc([C@@H]2O[C@H](CO)[C@@H](O)[C@H](O)[C@H]2O)cc1Cc1ccc(Oc2cocn2)cc1. The molecule has 164 valence electrons. The van der Waals surface area contributed by atoms with E-state index in [9.17, 15) is 20.4 Å². The van der Waals surface area contributed by atoms with Gasteiger partial charge in [-0.2, -0.15) is 4.98 Å². The van der Waals surface area contributed by atoms with E-state index in [4.69, 9.17) is 13.9 Å². The molecule has 1 aliphatic rings. The molecule has 0 radical (unpaired) electrons. The van der Waals surface area contributed by atoms with Crippen molar-refractivity contribution in [2.75, 3.05) is 6.61 Å². The maximum Gasteiger partial charge on any atom is 0.258 e. The van der Waals surface area contributed by atoms with Crippen molar-refractivity contribution in [3.05, 3.63) is 77.4 Å². The van der Waals surface area contributed by atoms with Gasteiger partial charge in [-0.05, 0) is 47.7 Å². The molecule has 0 aliphatic carbocycles. The lowest BCUT2D eigenvalue weighted by molar-refractivity contribution is -0.231. The van der Waals surface area contributed by atoms with E-state index in [1.54, 1.807) is 0 Å². The molecule has 5 atom stereocenters. The highest BCUT2D eigenvalue weighted by molar-refractivity contribution is 5.38. The minimum absolute atomic E-state index is 0.385. The average molecular weight is 427 g/mol. The molecule has 8 heteroatoms. The van der Waals surface area contributed by atoms with E-state index < -0.39 is 37.1 Å². The third-order valence-corrected chi connectivity index (χ3v) is 5.54. The Morgan fingerprint density at radius 1 is 1.00 bits per heavy atom. The summed E-state index contributed by atoms with van der Waals surface area (Å²) in [7, 11) is 0. The first kappa shape index (κ1) is 21.5. The smallest absolute Gasteiger partial charge is 0.258 e. The summed E-state index contributed by atoms with van der Waals surface area (Å²) in [5.74, 6) is 1.03. The van der Waals surface area contributed by atoms with Crippen LogP contribution in [0.5, 0.6) is 11.6 Å². The van der Waals surface area contributed by atoms with Crippen molar-refractivity contribution in [1.82, 2.24) is 4.98 Å². The Morgan fingerprint density at radius 3 is 2.45 bits per heavy atom. The van der Waals surface area contributed by atoms with Gasteiger partial charge in [-0.25, -0.2) is 0 Å². The lowest BCUT2D eigenvalue weighted by Crippen LogP contribution is -2.55. The summed E-state index contributed by atoms with van der Waals surface area (Å²) in [4.78, 5) is 3.92. The van der Waals surface area contributed by atoms with Crippen LogP contribution in [0.4, 0.5) is 0 Å². The van der Waals surface area contributed by atoms with Gasteiger partial charge in [-0.15, -0.1) is 0 Å². The van der Waals surface area contributed by atoms with Crippen LogP contribution in [0.2, 0.25) is 0 Å². The molecule has 1 fully saturated rings. The molecule has 31 heavy (non-hydrogen) atoms. The molecule has 4 N–H and O–H groups in total. The molecule has 0 spiro atoms. The molecule has 0 saturated carbocycles. The van der Waals surface area contributed by atoms with Crippen LogP contribution in [0.15, 0.2) is 59.5 Å². The fourth-order valence-electron chi connectivity index (χ4n) is 3.70. The van der Waals surface area contributed by atoms with Gasteiger partial charge in [-0.1, -0.05) is 30.3 Å². The van der Waals surface area contributed by atoms with Gasteiger partial charge in [0.15, 0.2) is 12.7 Å². The lowest BCUT2D eigenvalue weighted by atomic mass is 9.89. The second-order valence-corrected chi connectivity index (χ2v) is 7.68. The fraction of sp³-hybridized carbons (Fsp3) is 0.348. The maximum atomic E-state index is 10.4. The van der Waals surface area contributed by atoms with Crippen molar-refractivity contribution in [1.29, 1.82) is 0 Å². The summed E-state index contributed by atoms with van der Waals surface area (Å²) in [6, 6.07) is 13.3. The summed E-state index contributed by atoms with van der Waals surface area (Å²) < 4.78 is 16.2. The molecular weight excluding hydrogens is 402 g/mol. The molecule has 1 aromatic heterocycles. The largest absolute Gasteiger partial charge is 0.448 e. The fourth-order valence-corrected chi connectivity index (χ4v) is 3.70.